The molecular weight excluding hydrogens is 309 g/mol. The molecule has 0 amide bonds. The average Bonchev–Trinajstić information content (AvgIpc) is 2.29. The minimum Gasteiger partial charge on any atom is -0.327 e. The topological polar surface area (TPSA) is 26.0 Å². The summed E-state index contributed by atoms with van der Waals surface area (Å²) in [6, 6.07) is 0.414. The van der Waals surface area contributed by atoms with Crippen molar-refractivity contribution in [3.05, 3.63) is 0 Å². The van der Waals surface area contributed by atoms with Crippen LogP contribution in [0.1, 0.15) is 59.8 Å². The molecule has 0 aromatic heterocycles. The van der Waals surface area contributed by atoms with Gasteiger partial charge in [0.15, 0.2) is 0 Å². The lowest BCUT2D eigenvalue weighted by molar-refractivity contribution is 0.310. The molecule has 0 radical (unpaired) electrons. The summed E-state index contributed by atoms with van der Waals surface area (Å²) in [6.07, 6.45) is 6.37. The van der Waals surface area contributed by atoms with Crippen molar-refractivity contribution in [2.75, 3.05) is 4.43 Å². The van der Waals surface area contributed by atoms with Gasteiger partial charge in [-0.1, -0.05) is 63.1 Å². The van der Waals surface area contributed by atoms with Gasteiger partial charge < -0.3 is 5.73 Å². The third-order valence-corrected chi connectivity index (χ3v) is 5.12. The summed E-state index contributed by atoms with van der Waals surface area (Å²) in [7, 11) is 0. The molecule has 0 spiro atoms. The maximum atomic E-state index is 6.16. The van der Waals surface area contributed by atoms with Crippen molar-refractivity contribution >= 4 is 22.6 Å². The van der Waals surface area contributed by atoms with Gasteiger partial charge in [-0.3, -0.25) is 0 Å². The Morgan fingerprint density at radius 1 is 1.00 bits per heavy atom. The lowest BCUT2D eigenvalue weighted by Gasteiger charge is -2.25. The van der Waals surface area contributed by atoms with Gasteiger partial charge in [0.2, 0.25) is 0 Å². The molecule has 0 saturated carbocycles. The normalized spacial score (nSPS) is 19.1. The Labute approximate surface area is 116 Å². The molecule has 4 atom stereocenters. The highest BCUT2D eigenvalue weighted by molar-refractivity contribution is 14.1. The monoisotopic (exact) mass is 339 g/mol. The van der Waals surface area contributed by atoms with Crippen molar-refractivity contribution in [3.63, 3.8) is 0 Å². The Morgan fingerprint density at radius 3 is 2.06 bits per heavy atom. The van der Waals surface area contributed by atoms with Gasteiger partial charge in [-0.25, -0.2) is 0 Å². The molecule has 2 heteroatoms. The molecular formula is C14H30IN. The van der Waals surface area contributed by atoms with Crippen molar-refractivity contribution < 1.29 is 0 Å². The van der Waals surface area contributed by atoms with Gasteiger partial charge in [-0.2, -0.15) is 0 Å². The second-order valence-corrected chi connectivity index (χ2v) is 6.19. The summed E-state index contributed by atoms with van der Waals surface area (Å²) in [4.78, 5) is 0. The fraction of sp³-hybridized carbons (Fsp3) is 1.00. The van der Waals surface area contributed by atoms with Crippen LogP contribution in [0.25, 0.3) is 0 Å². The standard InChI is InChI=1S/C14H30IN/c1-5-7-14(16)12(4)8-9-13(10-15)11(3)6-2/h11-14H,5-10,16H2,1-4H3. The second kappa shape index (κ2) is 9.69. The average molecular weight is 339 g/mol. The molecule has 0 aliphatic rings. The van der Waals surface area contributed by atoms with E-state index in [2.05, 4.69) is 50.3 Å². The maximum absolute atomic E-state index is 6.16. The largest absolute Gasteiger partial charge is 0.327 e. The Kier molecular flexibility index (Phi) is 10.1. The van der Waals surface area contributed by atoms with E-state index >= 15 is 0 Å². The van der Waals surface area contributed by atoms with Gasteiger partial charge in [0.05, 0.1) is 0 Å². The predicted molar refractivity (Wildman–Crippen MR) is 83.1 cm³/mol. The maximum Gasteiger partial charge on any atom is 0.00644 e. The quantitative estimate of drug-likeness (QED) is 0.481. The number of hydrogen-bond donors (Lipinski definition) is 1. The van der Waals surface area contributed by atoms with Crippen LogP contribution < -0.4 is 5.73 Å². The van der Waals surface area contributed by atoms with Crippen LogP contribution in [0.2, 0.25) is 0 Å². The minimum atomic E-state index is 0.414. The molecule has 0 aliphatic heterocycles. The van der Waals surface area contributed by atoms with Crippen molar-refractivity contribution in [1.82, 2.24) is 0 Å². The van der Waals surface area contributed by atoms with Crippen LogP contribution in [-0.2, 0) is 0 Å². The zero-order valence-corrected chi connectivity index (χ0v) is 13.7. The first-order valence-corrected chi connectivity index (χ1v) is 8.40. The highest BCUT2D eigenvalue weighted by Gasteiger charge is 2.18. The van der Waals surface area contributed by atoms with Crippen LogP contribution in [0.15, 0.2) is 0 Å². The van der Waals surface area contributed by atoms with E-state index in [1.54, 1.807) is 0 Å². The van der Waals surface area contributed by atoms with E-state index in [0.717, 1.165) is 11.8 Å². The molecule has 16 heavy (non-hydrogen) atoms. The molecule has 2 N–H and O–H groups in total. The Morgan fingerprint density at radius 2 is 1.62 bits per heavy atom. The first-order valence-electron chi connectivity index (χ1n) is 6.88. The van der Waals surface area contributed by atoms with Gasteiger partial charge in [-0.05, 0) is 37.0 Å². The first-order chi connectivity index (χ1) is 7.56. The molecule has 0 saturated heterocycles. The molecule has 0 fully saturated rings. The summed E-state index contributed by atoms with van der Waals surface area (Å²) >= 11 is 2.54. The highest BCUT2D eigenvalue weighted by atomic mass is 127. The Balaban J connectivity index is 3.91. The highest BCUT2D eigenvalue weighted by Crippen LogP contribution is 2.25. The fourth-order valence-electron chi connectivity index (χ4n) is 2.16. The van der Waals surface area contributed by atoms with Gasteiger partial charge in [-0.15, -0.1) is 0 Å². The summed E-state index contributed by atoms with van der Waals surface area (Å²) in [5, 5.41) is 0. The molecule has 0 heterocycles. The van der Waals surface area contributed by atoms with Crippen LogP contribution in [0, 0.1) is 17.8 Å². The Hall–Kier alpha value is 0.690. The van der Waals surface area contributed by atoms with Crippen LogP contribution in [0.5, 0.6) is 0 Å². The summed E-state index contributed by atoms with van der Waals surface area (Å²) in [5.41, 5.74) is 6.16. The zero-order valence-electron chi connectivity index (χ0n) is 11.5. The third kappa shape index (κ3) is 6.43. The first kappa shape index (κ1) is 16.7. The molecule has 0 rings (SSSR count). The van der Waals surface area contributed by atoms with E-state index in [9.17, 15) is 0 Å². The number of halogens is 1. The zero-order chi connectivity index (χ0) is 12.6. The van der Waals surface area contributed by atoms with Gasteiger partial charge >= 0.3 is 0 Å². The second-order valence-electron chi connectivity index (χ2n) is 5.31. The number of rotatable bonds is 9. The van der Waals surface area contributed by atoms with Crippen LogP contribution in [0.3, 0.4) is 0 Å². The van der Waals surface area contributed by atoms with Crippen LogP contribution >= 0.6 is 22.6 Å². The van der Waals surface area contributed by atoms with Crippen molar-refractivity contribution in [2.24, 2.45) is 23.5 Å². The summed E-state index contributed by atoms with van der Waals surface area (Å²) in [6.45, 7) is 9.23. The van der Waals surface area contributed by atoms with E-state index in [1.165, 1.54) is 36.5 Å². The number of alkyl halides is 1. The van der Waals surface area contributed by atoms with E-state index in [0.29, 0.717) is 12.0 Å². The van der Waals surface area contributed by atoms with Crippen molar-refractivity contribution in [2.45, 2.75) is 65.8 Å². The minimum absolute atomic E-state index is 0.414. The summed E-state index contributed by atoms with van der Waals surface area (Å²) < 4.78 is 1.29. The fourth-order valence-corrected chi connectivity index (χ4v) is 3.46. The molecule has 4 unspecified atom stereocenters. The van der Waals surface area contributed by atoms with Crippen molar-refractivity contribution in [1.29, 1.82) is 0 Å². The predicted octanol–water partition coefficient (Wildman–Crippen LogP) is 4.63. The smallest absolute Gasteiger partial charge is 0.00644 e. The molecule has 0 aromatic carbocycles. The lowest BCUT2D eigenvalue weighted by Crippen LogP contribution is -2.28. The van der Waals surface area contributed by atoms with Gasteiger partial charge in [0.25, 0.3) is 0 Å². The number of nitrogens with two attached hydrogens (primary N) is 1. The molecule has 98 valence electrons. The molecule has 0 bridgehead atoms. The molecule has 1 nitrogen and oxygen atoms in total. The van der Waals surface area contributed by atoms with E-state index < -0.39 is 0 Å². The SMILES string of the molecule is CCCC(N)C(C)CCC(CI)C(C)CC. The lowest BCUT2D eigenvalue weighted by atomic mass is 9.85. The van der Waals surface area contributed by atoms with E-state index in [1.807, 2.05) is 0 Å². The molecule has 0 aliphatic carbocycles. The summed E-state index contributed by atoms with van der Waals surface area (Å²) in [5.74, 6) is 2.45. The molecule has 0 aromatic rings. The third-order valence-electron chi connectivity index (χ3n) is 3.99. The van der Waals surface area contributed by atoms with E-state index in [-0.39, 0.29) is 0 Å². The Bertz CT molecular complexity index is 161. The number of hydrogen-bond acceptors (Lipinski definition) is 1. The van der Waals surface area contributed by atoms with Gasteiger partial charge in [0, 0.05) is 10.5 Å². The van der Waals surface area contributed by atoms with Crippen LogP contribution in [0.4, 0.5) is 0 Å². The van der Waals surface area contributed by atoms with Gasteiger partial charge in [0.1, 0.15) is 0 Å². The van der Waals surface area contributed by atoms with Crippen LogP contribution in [-0.4, -0.2) is 10.5 Å². The van der Waals surface area contributed by atoms with E-state index in [4.69, 9.17) is 5.73 Å². The van der Waals surface area contributed by atoms with Crippen molar-refractivity contribution in [3.8, 4) is 0 Å².